The van der Waals surface area contributed by atoms with E-state index in [0.29, 0.717) is 0 Å². The minimum absolute atomic E-state index is 0.0914. The van der Waals surface area contributed by atoms with Gasteiger partial charge in [-0.2, -0.15) is 0 Å². The molecule has 0 amide bonds. The first-order valence-corrected chi connectivity index (χ1v) is 4.91. The highest BCUT2D eigenvalue weighted by Crippen LogP contribution is 2.13. The van der Waals surface area contributed by atoms with E-state index in [2.05, 4.69) is 0 Å². The highest BCUT2D eigenvalue weighted by molar-refractivity contribution is 6.09. The monoisotopic (exact) mass is 199 g/mol. The van der Waals surface area contributed by atoms with Gasteiger partial charge in [0, 0.05) is 30.6 Å². The molecular formula is C13H13NO. The summed E-state index contributed by atoms with van der Waals surface area (Å²) in [6, 6.07) is 9.50. The summed E-state index contributed by atoms with van der Waals surface area (Å²) in [5.74, 6) is 0.0914. The van der Waals surface area contributed by atoms with Crippen LogP contribution in [0.5, 0.6) is 0 Å². The van der Waals surface area contributed by atoms with Crippen molar-refractivity contribution >= 4 is 5.78 Å². The van der Waals surface area contributed by atoms with Gasteiger partial charge in [0.2, 0.25) is 0 Å². The number of hydrogen-bond acceptors (Lipinski definition) is 1. The molecule has 2 nitrogen and oxygen atoms in total. The highest BCUT2D eigenvalue weighted by atomic mass is 16.1. The first-order chi connectivity index (χ1) is 7.18. The molecule has 76 valence electrons. The van der Waals surface area contributed by atoms with Crippen LogP contribution >= 0.6 is 0 Å². The molecule has 0 fully saturated rings. The number of aromatic nitrogens is 1. The number of nitrogens with zero attached hydrogens (tertiary/aromatic N) is 1. The molecule has 0 saturated carbocycles. The summed E-state index contributed by atoms with van der Waals surface area (Å²) in [6.07, 6.45) is 3.72. The average Bonchev–Trinajstić information content (AvgIpc) is 2.65. The van der Waals surface area contributed by atoms with Gasteiger partial charge in [-0.15, -0.1) is 0 Å². The van der Waals surface area contributed by atoms with E-state index in [1.165, 1.54) is 0 Å². The van der Waals surface area contributed by atoms with Crippen LogP contribution in [0.2, 0.25) is 0 Å². The van der Waals surface area contributed by atoms with Crippen LogP contribution in [0.25, 0.3) is 0 Å². The molecule has 0 aliphatic carbocycles. The third kappa shape index (κ3) is 1.84. The summed E-state index contributed by atoms with van der Waals surface area (Å²) in [7, 11) is 1.91. The first kappa shape index (κ1) is 9.71. The summed E-state index contributed by atoms with van der Waals surface area (Å²) in [6.45, 7) is 1.95. The summed E-state index contributed by atoms with van der Waals surface area (Å²) in [4.78, 5) is 12.1. The molecule has 1 heterocycles. The third-order valence-corrected chi connectivity index (χ3v) is 2.48. The van der Waals surface area contributed by atoms with Crippen molar-refractivity contribution in [3.63, 3.8) is 0 Å². The molecule has 0 unspecified atom stereocenters. The molecule has 0 atom stereocenters. The van der Waals surface area contributed by atoms with E-state index in [0.717, 1.165) is 16.7 Å². The van der Waals surface area contributed by atoms with Crippen LogP contribution in [0.1, 0.15) is 21.5 Å². The zero-order valence-corrected chi connectivity index (χ0v) is 8.90. The maximum Gasteiger partial charge on any atom is 0.194 e. The summed E-state index contributed by atoms with van der Waals surface area (Å²) < 4.78 is 1.88. The van der Waals surface area contributed by atoms with Crippen molar-refractivity contribution < 1.29 is 4.79 Å². The molecule has 0 aliphatic rings. The third-order valence-electron chi connectivity index (χ3n) is 2.48. The van der Waals surface area contributed by atoms with Gasteiger partial charge in [0.05, 0.1) is 0 Å². The van der Waals surface area contributed by atoms with E-state index >= 15 is 0 Å². The molecule has 0 bridgehead atoms. The van der Waals surface area contributed by atoms with Gasteiger partial charge in [0.1, 0.15) is 0 Å². The van der Waals surface area contributed by atoms with E-state index in [4.69, 9.17) is 0 Å². The number of hydrogen-bond donors (Lipinski definition) is 0. The quantitative estimate of drug-likeness (QED) is 0.681. The van der Waals surface area contributed by atoms with E-state index in [9.17, 15) is 4.79 Å². The normalized spacial score (nSPS) is 10.3. The zero-order chi connectivity index (χ0) is 10.8. The van der Waals surface area contributed by atoms with Crippen LogP contribution in [0.3, 0.4) is 0 Å². The van der Waals surface area contributed by atoms with E-state index in [1.807, 2.05) is 61.3 Å². The van der Waals surface area contributed by atoms with Gasteiger partial charge in [-0.1, -0.05) is 24.3 Å². The van der Waals surface area contributed by atoms with E-state index in [-0.39, 0.29) is 5.78 Å². The molecule has 0 radical (unpaired) electrons. The zero-order valence-electron chi connectivity index (χ0n) is 8.90. The van der Waals surface area contributed by atoms with Crippen molar-refractivity contribution in [1.82, 2.24) is 4.57 Å². The molecule has 2 heteroatoms. The molecule has 15 heavy (non-hydrogen) atoms. The van der Waals surface area contributed by atoms with Gasteiger partial charge in [-0.25, -0.2) is 0 Å². The molecule has 1 aromatic carbocycles. The topological polar surface area (TPSA) is 22.0 Å². The van der Waals surface area contributed by atoms with Crippen molar-refractivity contribution in [2.75, 3.05) is 0 Å². The predicted octanol–water partition coefficient (Wildman–Crippen LogP) is 2.56. The van der Waals surface area contributed by atoms with Crippen LogP contribution in [0, 0.1) is 6.92 Å². The molecule has 0 N–H and O–H groups in total. The molecule has 0 aliphatic heterocycles. The Labute approximate surface area is 89.2 Å². The fraction of sp³-hybridized carbons (Fsp3) is 0.154. The Morgan fingerprint density at radius 3 is 2.53 bits per heavy atom. The van der Waals surface area contributed by atoms with Gasteiger partial charge in [0.25, 0.3) is 0 Å². The lowest BCUT2D eigenvalue weighted by molar-refractivity contribution is 0.103. The first-order valence-electron chi connectivity index (χ1n) is 4.91. The smallest absolute Gasteiger partial charge is 0.194 e. The van der Waals surface area contributed by atoms with Crippen molar-refractivity contribution in [2.24, 2.45) is 7.05 Å². The van der Waals surface area contributed by atoms with Gasteiger partial charge >= 0.3 is 0 Å². The molecule has 2 aromatic rings. The Kier molecular flexibility index (Phi) is 2.42. The van der Waals surface area contributed by atoms with Gasteiger partial charge in [-0.3, -0.25) is 4.79 Å². The second-order valence-corrected chi connectivity index (χ2v) is 3.71. The maximum atomic E-state index is 12.1. The fourth-order valence-electron chi connectivity index (χ4n) is 1.62. The number of rotatable bonds is 2. The SMILES string of the molecule is Cc1ccccc1C(=O)c1ccn(C)c1. The number of aryl methyl sites for hydroxylation is 2. The lowest BCUT2D eigenvalue weighted by Crippen LogP contribution is -2.02. The molecule has 1 aromatic heterocycles. The maximum absolute atomic E-state index is 12.1. The standard InChI is InChI=1S/C13H13NO/c1-10-5-3-4-6-12(10)13(15)11-7-8-14(2)9-11/h3-9H,1-2H3. The van der Waals surface area contributed by atoms with Crippen LogP contribution in [0.4, 0.5) is 0 Å². The fourth-order valence-corrected chi connectivity index (χ4v) is 1.62. The number of carbonyl (C=O) groups is 1. The van der Waals surface area contributed by atoms with Crippen molar-refractivity contribution in [3.8, 4) is 0 Å². The molecule has 2 rings (SSSR count). The van der Waals surface area contributed by atoms with Gasteiger partial charge < -0.3 is 4.57 Å². The minimum Gasteiger partial charge on any atom is -0.357 e. The lowest BCUT2D eigenvalue weighted by atomic mass is 10.0. The second-order valence-electron chi connectivity index (χ2n) is 3.71. The molecule has 0 spiro atoms. The van der Waals surface area contributed by atoms with Crippen LogP contribution in [0.15, 0.2) is 42.7 Å². The Hall–Kier alpha value is -1.83. The Bertz CT molecular complexity index is 497. The Balaban J connectivity index is 2.41. The van der Waals surface area contributed by atoms with Gasteiger partial charge in [0.15, 0.2) is 5.78 Å². The highest BCUT2D eigenvalue weighted by Gasteiger charge is 2.11. The summed E-state index contributed by atoms with van der Waals surface area (Å²) in [5.41, 5.74) is 2.54. The average molecular weight is 199 g/mol. The number of benzene rings is 1. The van der Waals surface area contributed by atoms with E-state index in [1.54, 1.807) is 0 Å². The number of ketones is 1. The van der Waals surface area contributed by atoms with Crippen molar-refractivity contribution in [2.45, 2.75) is 6.92 Å². The van der Waals surface area contributed by atoms with Crippen molar-refractivity contribution in [3.05, 3.63) is 59.4 Å². The van der Waals surface area contributed by atoms with Crippen LogP contribution in [-0.2, 0) is 7.05 Å². The minimum atomic E-state index is 0.0914. The van der Waals surface area contributed by atoms with Crippen molar-refractivity contribution in [1.29, 1.82) is 0 Å². The van der Waals surface area contributed by atoms with Gasteiger partial charge in [-0.05, 0) is 18.6 Å². The van der Waals surface area contributed by atoms with Crippen LogP contribution in [-0.4, -0.2) is 10.4 Å². The predicted molar refractivity (Wildman–Crippen MR) is 60.0 cm³/mol. The largest absolute Gasteiger partial charge is 0.357 e. The molecule has 0 saturated heterocycles. The Morgan fingerprint density at radius 1 is 1.20 bits per heavy atom. The Morgan fingerprint density at radius 2 is 1.93 bits per heavy atom. The summed E-state index contributed by atoms with van der Waals surface area (Å²) in [5, 5.41) is 0. The van der Waals surface area contributed by atoms with Crippen LogP contribution < -0.4 is 0 Å². The molecular weight excluding hydrogens is 186 g/mol. The van der Waals surface area contributed by atoms with E-state index < -0.39 is 0 Å². The second kappa shape index (κ2) is 3.73. The summed E-state index contributed by atoms with van der Waals surface area (Å²) >= 11 is 0. The number of carbonyl (C=O) groups excluding carboxylic acids is 1. The lowest BCUT2D eigenvalue weighted by Gasteiger charge is -2.02.